The molecular formula is C18H16N2O4S. The molecule has 0 fully saturated rings. The molecule has 0 bridgehead atoms. The van der Waals surface area contributed by atoms with Gasteiger partial charge in [-0.25, -0.2) is 4.79 Å². The number of carboxylic acids is 1. The summed E-state index contributed by atoms with van der Waals surface area (Å²) in [6, 6.07) is 11.9. The Morgan fingerprint density at radius 3 is 2.80 bits per heavy atom. The van der Waals surface area contributed by atoms with Gasteiger partial charge in [0, 0.05) is 17.0 Å². The summed E-state index contributed by atoms with van der Waals surface area (Å²) < 4.78 is 0. The van der Waals surface area contributed by atoms with E-state index in [-0.39, 0.29) is 17.4 Å². The molecule has 3 N–H and O–H groups in total. The van der Waals surface area contributed by atoms with Crippen molar-refractivity contribution in [1.29, 1.82) is 0 Å². The maximum Gasteiger partial charge on any atom is 0.335 e. The first kappa shape index (κ1) is 17.0. The Bertz CT molecular complexity index is 851. The Balaban J connectivity index is 1.60. The minimum atomic E-state index is -0.972. The molecule has 2 amide bonds. The van der Waals surface area contributed by atoms with Crippen molar-refractivity contribution in [3.63, 3.8) is 0 Å². The van der Waals surface area contributed by atoms with Gasteiger partial charge in [0.2, 0.25) is 5.91 Å². The van der Waals surface area contributed by atoms with Gasteiger partial charge in [-0.1, -0.05) is 12.1 Å². The van der Waals surface area contributed by atoms with Crippen LogP contribution in [-0.4, -0.2) is 35.2 Å². The largest absolute Gasteiger partial charge is 0.478 e. The second kappa shape index (κ2) is 7.40. The monoisotopic (exact) mass is 356 g/mol. The number of anilines is 1. The van der Waals surface area contributed by atoms with E-state index in [4.69, 9.17) is 5.11 Å². The molecular weight excluding hydrogens is 340 g/mol. The number of nitrogens with one attached hydrogen (secondary N) is 2. The van der Waals surface area contributed by atoms with Gasteiger partial charge in [0.15, 0.2) is 0 Å². The van der Waals surface area contributed by atoms with Crippen molar-refractivity contribution in [1.82, 2.24) is 5.32 Å². The molecule has 128 valence electrons. The average molecular weight is 356 g/mol. The molecule has 25 heavy (non-hydrogen) atoms. The van der Waals surface area contributed by atoms with Crippen molar-refractivity contribution in [2.24, 2.45) is 0 Å². The van der Waals surface area contributed by atoms with Crippen LogP contribution in [0.1, 0.15) is 26.3 Å². The highest BCUT2D eigenvalue weighted by molar-refractivity contribution is 8.00. The van der Waals surface area contributed by atoms with Crippen LogP contribution < -0.4 is 10.6 Å². The van der Waals surface area contributed by atoms with Crippen LogP contribution in [0.3, 0.4) is 0 Å². The van der Waals surface area contributed by atoms with Gasteiger partial charge < -0.3 is 15.7 Å². The minimum absolute atomic E-state index is 0.0756. The standard InChI is InChI=1S/C18H16N2O4S/c21-16-10-25-15-5-4-12(9-14(15)20-16)17(22)19-7-6-11-2-1-3-13(8-11)18(23)24/h1-5,8-9H,6-7,10H2,(H,19,22)(H,20,21)(H,23,24). The van der Waals surface area contributed by atoms with Gasteiger partial charge in [0.25, 0.3) is 5.91 Å². The summed E-state index contributed by atoms with van der Waals surface area (Å²) in [5, 5.41) is 14.6. The SMILES string of the molecule is O=C1CSc2ccc(C(=O)NCCc3cccc(C(=O)O)c3)cc2N1. The zero-order chi connectivity index (χ0) is 17.8. The molecule has 0 atom stereocenters. The third kappa shape index (κ3) is 4.19. The smallest absolute Gasteiger partial charge is 0.335 e. The van der Waals surface area contributed by atoms with E-state index < -0.39 is 5.97 Å². The van der Waals surface area contributed by atoms with Crippen molar-refractivity contribution in [3.05, 3.63) is 59.2 Å². The van der Waals surface area contributed by atoms with E-state index in [1.807, 2.05) is 12.1 Å². The predicted octanol–water partition coefficient (Wildman–Crippen LogP) is 2.40. The number of thioether (sulfide) groups is 1. The Morgan fingerprint density at radius 1 is 1.16 bits per heavy atom. The summed E-state index contributed by atoms with van der Waals surface area (Å²) in [6.45, 7) is 0.389. The van der Waals surface area contributed by atoms with Crippen LogP contribution in [0, 0.1) is 0 Å². The van der Waals surface area contributed by atoms with Gasteiger partial charge in [-0.05, 0) is 42.3 Å². The molecule has 2 aromatic rings. The Morgan fingerprint density at radius 2 is 2.00 bits per heavy atom. The molecule has 0 aromatic heterocycles. The van der Waals surface area contributed by atoms with Gasteiger partial charge in [-0.2, -0.15) is 0 Å². The number of rotatable bonds is 5. The number of carbonyl (C=O) groups is 3. The third-order valence-corrected chi connectivity index (χ3v) is 4.82. The molecule has 0 saturated carbocycles. The van der Waals surface area contributed by atoms with E-state index in [1.165, 1.54) is 17.8 Å². The first-order chi connectivity index (χ1) is 12.0. The molecule has 0 aliphatic carbocycles. The van der Waals surface area contributed by atoms with Crippen molar-refractivity contribution in [3.8, 4) is 0 Å². The summed E-state index contributed by atoms with van der Waals surface area (Å²) >= 11 is 1.44. The van der Waals surface area contributed by atoms with Crippen LogP contribution >= 0.6 is 11.8 Å². The second-order valence-electron chi connectivity index (χ2n) is 5.56. The first-order valence-electron chi connectivity index (χ1n) is 7.70. The van der Waals surface area contributed by atoms with Gasteiger partial charge >= 0.3 is 5.97 Å². The lowest BCUT2D eigenvalue weighted by atomic mass is 10.1. The number of hydrogen-bond donors (Lipinski definition) is 3. The number of carboxylic acid groups (broad SMARTS) is 1. The molecule has 7 heteroatoms. The Labute approximate surface area is 148 Å². The minimum Gasteiger partial charge on any atom is -0.478 e. The number of aromatic carboxylic acids is 1. The molecule has 0 spiro atoms. The van der Waals surface area contributed by atoms with Gasteiger partial charge in [0.05, 0.1) is 17.0 Å². The van der Waals surface area contributed by atoms with Crippen molar-refractivity contribution in [2.75, 3.05) is 17.6 Å². The van der Waals surface area contributed by atoms with Crippen LogP contribution in [-0.2, 0) is 11.2 Å². The van der Waals surface area contributed by atoms with E-state index >= 15 is 0 Å². The normalized spacial score (nSPS) is 12.9. The van der Waals surface area contributed by atoms with Crippen molar-refractivity contribution in [2.45, 2.75) is 11.3 Å². The predicted molar refractivity (Wildman–Crippen MR) is 95.2 cm³/mol. The average Bonchev–Trinajstić information content (AvgIpc) is 2.61. The highest BCUT2D eigenvalue weighted by atomic mass is 32.2. The Hall–Kier alpha value is -2.80. The molecule has 6 nitrogen and oxygen atoms in total. The first-order valence-corrected chi connectivity index (χ1v) is 8.68. The van der Waals surface area contributed by atoms with Crippen LogP contribution in [0.5, 0.6) is 0 Å². The Kier molecular flexibility index (Phi) is 5.04. The summed E-state index contributed by atoms with van der Waals surface area (Å²) in [4.78, 5) is 35.6. The van der Waals surface area contributed by atoms with Crippen LogP contribution in [0.2, 0.25) is 0 Å². The quantitative estimate of drug-likeness (QED) is 0.765. The third-order valence-electron chi connectivity index (χ3n) is 3.75. The zero-order valence-corrected chi connectivity index (χ0v) is 14.1. The highest BCUT2D eigenvalue weighted by Gasteiger charge is 2.17. The fourth-order valence-corrected chi connectivity index (χ4v) is 3.30. The van der Waals surface area contributed by atoms with Crippen molar-refractivity contribution < 1.29 is 19.5 Å². The summed E-state index contributed by atoms with van der Waals surface area (Å²) in [5.41, 5.74) is 2.20. The lowest BCUT2D eigenvalue weighted by Crippen LogP contribution is -2.26. The van der Waals surface area contributed by atoms with Gasteiger partial charge in [0.1, 0.15) is 0 Å². The van der Waals surface area contributed by atoms with E-state index in [0.29, 0.717) is 30.0 Å². The fraction of sp³-hybridized carbons (Fsp3) is 0.167. The van der Waals surface area contributed by atoms with Gasteiger partial charge in [-0.15, -0.1) is 11.8 Å². The number of benzene rings is 2. The molecule has 0 unspecified atom stereocenters. The second-order valence-corrected chi connectivity index (χ2v) is 6.58. The summed E-state index contributed by atoms with van der Waals surface area (Å²) in [7, 11) is 0. The molecule has 1 aliphatic rings. The van der Waals surface area contributed by atoms with Crippen LogP contribution in [0.15, 0.2) is 47.4 Å². The van der Waals surface area contributed by atoms with E-state index in [0.717, 1.165) is 10.5 Å². The van der Waals surface area contributed by atoms with E-state index in [9.17, 15) is 14.4 Å². The molecule has 1 aliphatic heterocycles. The van der Waals surface area contributed by atoms with Crippen molar-refractivity contribution >= 4 is 35.2 Å². The maximum atomic E-state index is 12.3. The fourth-order valence-electron chi connectivity index (χ4n) is 2.51. The van der Waals surface area contributed by atoms with Crippen LogP contribution in [0.25, 0.3) is 0 Å². The number of fused-ring (bicyclic) bond motifs is 1. The molecule has 0 radical (unpaired) electrons. The number of carbonyl (C=O) groups excluding carboxylic acids is 2. The van der Waals surface area contributed by atoms with E-state index in [2.05, 4.69) is 10.6 Å². The molecule has 0 saturated heterocycles. The number of amides is 2. The lowest BCUT2D eigenvalue weighted by Gasteiger charge is -2.17. The number of hydrogen-bond acceptors (Lipinski definition) is 4. The molecule has 3 rings (SSSR count). The lowest BCUT2D eigenvalue weighted by molar-refractivity contribution is -0.113. The van der Waals surface area contributed by atoms with E-state index in [1.54, 1.807) is 24.3 Å². The highest BCUT2D eigenvalue weighted by Crippen LogP contribution is 2.31. The van der Waals surface area contributed by atoms with Gasteiger partial charge in [-0.3, -0.25) is 9.59 Å². The molecule has 2 aromatic carbocycles. The van der Waals surface area contributed by atoms with Crippen LogP contribution in [0.4, 0.5) is 5.69 Å². The maximum absolute atomic E-state index is 12.3. The molecule has 1 heterocycles. The summed E-state index contributed by atoms with van der Waals surface area (Å²) in [5.74, 6) is -0.899. The zero-order valence-electron chi connectivity index (χ0n) is 13.2. The summed E-state index contributed by atoms with van der Waals surface area (Å²) in [6.07, 6.45) is 0.532. The topological polar surface area (TPSA) is 95.5 Å².